The number of carbonyl (C=O) groups is 1. The highest BCUT2D eigenvalue weighted by Crippen LogP contribution is 2.12. The minimum Gasteiger partial charge on any atom is -0.466 e. The first-order chi connectivity index (χ1) is 9.76. The Hall–Kier alpha value is -2.90. The van der Waals surface area contributed by atoms with E-state index in [2.05, 4.69) is 25.5 Å². The third-order valence-electron chi connectivity index (χ3n) is 2.75. The zero-order chi connectivity index (χ0) is 13.9. The minimum absolute atomic E-state index is 0.142. The number of fused-ring (bicyclic) bond motifs is 1. The summed E-state index contributed by atoms with van der Waals surface area (Å²) in [4.78, 5) is 20.1. The fourth-order valence-corrected chi connectivity index (χ4v) is 1.86. The van der Waals surface area contributed by atoms with Crippen molar-refractivity contribution < 1.29 is 9.53 Å². The summed E-state index contributed by atoms with van der Waals surface area (Å²) in [5.41, 5.74) is 1.75. The monoisotopic (exact) mass is 272 g/mol. The lowest BCUT2D eigenvalue weighted by Gasteiger charge is -2.03. The molecule has 8 heteroatoms. The number of amides is 1. The molecule has 0 unspecified atom stereocenters. The number of hydrogen-bond donors (Lipinski definition) is 2. The maximum Gasteiger partial charge on any atom is 0.336 e. The molecular weight excluding hydrogens is 260 g/mol. The van der Waals surface area contributed by atoms with Crippen molar-refractivity contribution in [2.24, 2.45) is 0 Å². The molecule has 20 heavy (non-hydrogen) atoms. The summed E-state index contributed by atoms with van der Waals surface area (Å²) >= 11 is 0. The highest BCUT2D eigenvalue weighted by Gasteiger charge is 2.09. The van der Waals surface area contributed by atoms with Crippen molar-refractivity contribution in [3.05, 3.63) is 30.6 Å². The number of carbonyl (C=O) groups excluding carboxylic acids is 1. The molecule has 2 N–H and O–H groups in total. The van der Waals surface area contributed by atoms with Gasteiger partial charge in [-0.1, -0.05) is 12.1 Å². The first-order valence-corrected chi connectivity index (χ1v) is 5.92. The number of H-pyrrole nitrogens is 1. The Morgan fingerprint density at radius 1 is 1.45 bits per heavy atom. The van der Waals surface area contributed by atoms with E-state index < -0.39 is 0 Å². The number of nitrogens with zero attached hydrogens (tertiary/aromatic N) is 4. The van der Waals surface area contributed by atoms with Crippen molar-refractivity contribution in [3.8, 4) is 6.01 Å². The van der Waals surface area contributed by atoms with Crippen LogP contribution in [0.1, 0.15) is 0 Å². The van der Waals surface area contributed by atoms with E-state index in [1.54, 1.807) is 10.9 Å². The predicted octanol–water partition coefficient (Wildman–Crippen LogP) is 0.802. The zero-order valence-electron chi connectivity index (χ0n) is 10.7. The lowest BCUT2D eigenvalue weighted by molar-refractivity contribution is -0.116. The van der Waals surface area contributed by atoms with Crippen LogP contribution in [0.3, 0.4) is 0 Å². The summed E-state index contributed by atoms with van der Waals surface area (Å²) in [5.74, 6) is 0.0169. The molecule has 0 spiro atoms. The normalized spacial score (nSPS) is 10.7. The van der Waals surface area contributed by atoms with E-state index >= 15 is 0 Å². The van der Waals surface area contributed by atoms with Crippen LogP contribution in [0, 0.1) is 0 Å². The zero-order valence-corrected chi connectivity index (χ0v) is 10.7. The first kappa shape index (κ1) is 12.2. The third-order valence-corrected chi connectivity index (χ3v) is 2.75. The molecule has 0 atom stereocenters. The second-order valence-electron chi connectivity index (χ2n) is 4.08. The molecule has 1 aromatic carbocycles. The summed E-state index contributed by atoms with van der Waals surface area (Å²) < 4.78 is 6.58. The molecule has 0 saturated heterocycles. The Balaban J connectivity index is 1.72. The highest BCUT2D eigenvalue weighted by molar-refractivity contribution is 5.90. The number of imidazole rings is 1. The van der Waals surface area contributed by atoms with Crippen molar-refractivity contribution in [2.75, 3.05) is 12.4 Å². The molecule has 0 aliphatic rings. The van der Waals surface area contributed by atoms with Crippen molar-refractivity contribution in [1.29, 1.82) is 0 Å². The molecule has 2 heterocycles. The van der Waals surface area contributed by atoms with Crippen molar-refractivity contribution >= 4 is 22.9 Å². The molecule has 0 radical (unpaired) electrons. The van der Waals surface area contributed by atoms with Gasteiger partial charge in [0, 0.05) is 0 Å². The molecule has 0 bridgehead atoms. The van der Waals surface area contributed by atoms with Gasteiger partial charge in [-0.25, -0.2) is 10.1 Å². The van der Waals surface area contributed by atoms with Gasteiger partial charge in [-0.2, -0.15) is 4.98 Å². The van der Waals surface area contributed by atoms with Crippen LogP contribution >= 0.6 is 0 Å². The van der Waals surface area contributed by atoms with Gasteiger partial charge in [-0.3, -0.25) is 10.1 Å². The van der Waals surface area contributed by atoms with E-state index in [0.29, 0.717) is 0 Å². The molecule has 3 aromatic rings. The van der Waals surface area contributed by atoms with E-state index in [4.69, 9.17) is 4.74 Å². The number of nitrogens with one attached hydrogen (secondary N) is 2. The summed E-state index contributed by atoms with van der Waals surface area (Å²) in [7, 11) is 1.45. The molecule has 1 amide bonds. The number of aromatic nitrogens is 5. The number of para-hydroxylation sites is 2. The number of ether oxygens (including phenoxy) is 1. The lowest BCUT2D eigenvalue weighted by atomic mass is 10.3. The number of rotatable bonds is 4. The van der Waals surface area contributed by atoms with E-state index in [-0.39, 0.29) is 24.4 Å². The minimum atomic E-state index is -0.230. The Kier molecular flexibility index (Phi) is 3.04. The van der Waals surface area contributed by atoms with Crippen LogP contribution in [-0.2, 0) is 11.3 Å². The SMILES string of the molecule is COc1n[nH]c(NC(=O)Cn2cnc3ccccc32)n1. The van der Waals surface area contributed by atoms with Gasteiger partial charge in [0.2, 0.25) is 11.9 Å². The van der Waals surface area contributed by atoms with Gasteiger partial charge in [-0.15, -0.1) is 5.10 Å². The first-order valence-electron chi connectivity index (χ1n) is 5.92. The highest BCUT2D eigenvalue weighted by atomic mass is 16.5. The van der Waals surface area contributed by atoms with Gasteiger partial charge in [0.15, 0.2) is 0 Å². The Morgan fingerprint density at radius 2 is 2.30 bits per heavy atom. The molecule has 0 aliphatic heterocycles. The van der Waals surface area contributed by atoms with Crippen molar-refractivity contribution in [3.63, 3.8) is 0 Å². The quantitative estimate of drug-likeness (QED) is 0.732. The second-order valence-corrected chi connectivity index (χ2v) is 4.08. The number of aromatic amines is 1. The van der Waals surface area contributed by atoms with Crippen LogP contribution in [0.25, 0.3) is 11.0 Å². The second kappa shape index (κ2) is 5.00. The van der Waals surface area contributed by atoms with E-state index in [1.807, 2.05) is 24.3 Å². The molecule has 0 saturated carbocycles. The molecule has 0 aliphatic carbocycles. The molecular formula is C12H12N6O2. The van der Waals surface area contributed by atoms with Gasteiger partial charge in [0.05, 0.1) is 24.5 Å². The number of anilines is 1. The van der Waals surface area contributed by atoms with Gasteiger partial charge >= 0.3 is 6.01 Å². The summed E-state index contributed by atoms with van der Waals surface area (Å²) in [5, 5.41) is 8.91. The average Bonchev–Trinajstić information content (AvgIpc) is 3.06. The van der Waals surface area contributed by atoms with Crippen LogP contribution in [-0.4, -0.2) is 37.7 Å². The Bertz CT molecular complexity index is 747. The maximum absolute atomic E-state index is 11.9. The van der Waals surface area contributed by atoms with Gasteiger partial charge < -0.3 is 9.30 Å². The van der Waals surface area contributed by atoms with Crippen molar-refractivity contribution in [2.45, 2.75) is 6.54 Å². The van der Waals surface area contributed by atoms with Crippen LogP contribution < -0.4 is 10.1 Å². The Labute approximate surface area is 113 Å². The number of hydrogen-bond acceptors (Lipinski definition) is 5. The van der Waals surface area contributed by atoms with E-state index in [0.717, 1.165) is 11.0 Å². The number of methoxy groups -OCH3 is 1. The van der Waals surface area contributed by atoms with Crippen molar-refractivity contribution in [1.82, 2.24) is 24.7 Å². The molecule has 102 valence electrons. The maximum atomic E-state index is 11.9. The predicted molar refractivity (Wildman–Crippen MR) is 71.3 cm³/mol. The molecule has 2 aromatic heterocycles. The van der Waals surface area contributed by atoms with Gasteiger partial charge in [0.25, 0.3) is 0 Å². The third kappa shape index (κ3) is 2.30. The Morgan fingerprint density at radius 3 is 3.10 bits per heavy atom. The largest absolute Gasteiger partial charge is 0.466 e. The van der Waals surface area contributed by atoms with Crippen LogP contribution in [0.15, 0.2) is 30.6 Å². The summed E-state index contributed by atoms with van der Waals surface area (Å²) in [6.07, 6.45) is 1.63. The lowest BCUT2D eigenvalue weighted by Crippen LogP contribution is -2.19. The fourth-order valence-electron chi connectivity index (χ4n) is 1.86. The standard InChI is InChI=1S/C12H12N6O2/c1-20-12-15-11(16-17-12)14-10(19)6-18-7-13-8-4-2-3-5-9(8)18/h2-5,7H,6H2,1H3,(H2,14,15,16,17,19). The van der Waals surface area contributed by atoms with Gasteiger partial charge in [-0.05, 0) is 12.1 Å². The average molecular weight is 272 g/mol. The number of benzene rings is 1. The molecule has 3 rings (SSSR count). The summed E-state index contributed by atoms with van der Waals surface area (Å²) in [6, 6.07) is 7.78. The summed E-state index contributed by atoms with van der Waals surface area (Å²) in [6.45, 7) is 0.142. The van der Waals surface area contributed by atoms with Gasteiger partial charge in [0.1, 0.15) is 6.54 Å². The fraction of sp³-hybridized carbons (Fsp3) is 0.167. The van der Waals surface area contributed by atoms with Crippen LogP contribution in [0.4, 0.5) is 5.95 Å². The molecule has 0 fully saturated rings. The van der Waals surface area contributed by atoms with Crippen LogP contribution in [0.5, 0.6) is 6.01 Å². The van der Waals surface area contributed by atoms with E-state index in [9.17, 15) is 4.79 Å². The van der Waals surface area contributed by atoms with Crippen LogP contribution in [0.2, 0.25) is 0 Å². The van der Waals surface area contributed by atoms with E-state index in [1.165, 1.54) is 7.11 Å². The topological polar surface area (TPSA) is 97.7 Å². The smallest absolute Gasteiger partial charge is 0.336 e. The molecule has 8 nitrogen and oxygen atoms in total.